The van der Waals surface area contributed by atoms with Crippen LogP contribution in [-0.2, 0) is 11.3 Å². The van der Waals surface area contributed by atoms with Crippen LogP contribution in [-0.4, -0.2) is 17.0 Å². The summed E-state index contributed by atoms with van der Waals surface area (Å²) in [5, 5.41) is 2.09. The van der Waals surface area contributed by atoms with E-state index in [0.29, 0.717) is 6.54 Å². The molecule has 0 radical (unpaired) electrons. The first-order chi connectivity index (χ1) is 12.6. The van der Waals surface area contributed by atoms with E-state index in [1.807, 2.05) is 17.0 Å². The van der Waals surface area contributed by atoms with Crippen LogP contribution >= 0.6 is 11.3 Å². The summed E-state index contributed by atoms with van der Waals surface area (Å²) in [6.07, 6.45) is 4.65. The topological polar surface area (TPSA) is 25.2 Å². The minimum absolute atomic E-state index is 0.166. The van der Waals surface area contributed by atoms with Gasteiger partial charge in [-0.05, 0) is 55.5 Å². The number of hydrogen-bond acceptors (Lipinski definition) is 2. The number of anilines is 1. The largest absolute Gasteiger partial charge is 0.335 e. The van der Waals surface area contributed by atoms with E-state index >= 15 is 0 Å². The highest BCUT2D eigenvalue weighted by molar-refractivity contribution is 7.17. The van der Waals surface area contributed by atoms with Gasteiger partial charge >= 0.3 is 0 Å². The van der Waals surface area contributed by atoms with Gasteiger partial charge in [-0.2, -0.15) is 0 Å². The van der Waals surface area contributed by atoms with Crippen molar-refractivity contribution in [3.63, 3.8) is 0 Å². The van der Waals surface area contributed by atoms with Crippen molar-refractivity contribution >= 4 is 33.1 Å². The SMILES string of the molecule is CCCCCCN(C(=O)Cn1c(C)cc2sccc21)c1cccc(C)c1. The van der Waals surface area contributed by atoms with Crippen LogP contribution in [0, 0.1) is 13.8 Å². The van der Waals surface area contributed by atoms with E-state index in [1.165, 1.54) is 29.5 Å². The molecular formula is C22H28N2OS. The number of amides is 1. The number of nitrogens with zero attached hydrogens (tertiary/aromatic N) is 2. The Morgan fingerprint density at radius 2 is 1.96 bits per heavy atom. The maximum atomic E-state index is 13.2. The Hall–Kier alpha value is -2.07. The third kappa shape index (κ3) is 4.18. The molecule has 2 aromatic heterocycles. The van der Waals surface area contributed by atoms with Crippen molar-refractivity contribution in [2.45, 2.75) is 53.0 Å². The molecule has 0 N–H and O–H groups in total. The molecule has 2 heterocycles. The zero-order valence-corrected chi connectivity index (χ0v) is 16.8. The molecule has 138 valence electrons. The van der Waals surface area contributed by atoms with Gasteiger partial charge in [-0.25, -0.2) is 0 Å². The van der Waals surface area contributed by atoms with Gasteiger partial charge in [0.15, 0.2) is 0 Å². The molecular weight excluding hydrogens is 340 g/mol. The first-order valence-corrected chi connectivity index (χ1v) is 10.4. The lowest BCUT2D eigenvalue weighted by molar-refractivity contribution is -0.119. The van der Waals surface area contributed by atoms with E-state index in [1.54, 1.807) is 11.3 Å². The average molecular weight is 369 g/mol. The molecule has 0 saturated heterocycles. The number of aromatic nitrogens is 1. The number of carbonyl (C=O) groups excluding carboxylic acids is 1. The second kappa shape index (κ2) is 8.54. The van der Waals surface area contributed by atoms with Crippen LogP contribution in [0.2, 0.25) is 0 Å². The molecule has 0 aliphatic heterocycles. The standard InChI is InChI=1S/C22H28N2OS/c1-4-5-6-7-12-23(19-10-8-9-17(2)14-19)22(25)16-24-18(3)15-21-20(24)11-13-26-21/h8-11,13-15H,4-7,12,16H2,1-3H3. The molecule has 0 unspecified atom stereocenters. The highest BCUT2D eigenvalue weighted by Gasteiger charge is 2.18. The lowest BCUT2D eigenvalue weighted by atomic mass is 10.1. The Morgan fingerprint density at radius 1 is 1.12 bits per heavy atom. The minimum atomic E-state index is 0.166. The molecule has 3 rings (SSSR count). The Labute approximate surface area is 160 Å². The van der Waals surface area contributed by atoms with E-state index in [-0.39, 0.29) is 5.91 Å². The van der Waals surface area contributed by atoms with Gasteiger partial charge in [0.2, 0.25) is 5.91 Å². The van der Waals surface area contributed by atoms with Crippen LogP contribution in [0.15, 0.2) is 41.8 Å². The number of hydrogen-bond donors (Lipinski definition) is 0. The summed E-state index contributed by atoms with van der Waals surface area (Å²) in [7, 11) is 0. The summed E-state index contributed by atoms with van der Waals surface area (Å²) in [4.78, 5) is 15.2. The number of carbonyl (C=O) groups is 1. The number of thiophene rings is 1. The fourth-order valence-electron chi connectivity index (χ4n) is 3.42. The lowest BCUT2D eigenvalue weighted by Gasteiger charge is -2.24. The van der Waals surface area contributed by atoms with E-state index in [9.17, 15) is 4.79 Å². The van der Waals surface area contributed by atoms with Crippen molar-refractivity contribution in [2.75, 3.05) is 11.4 Å². The third-order valence-electron chi connectivity index (χ3n) is 4.87. The fraction of sp³-hybridized carbons (Fsp3) is 0.409. The highest BCUT2D eigenvalue weighted by Crippen LogP contribution is 2.25. The molecule has 3 aromatic rings. The monoisotopic (exact) mass is 368 g/mol. The minimum Gasteiger partial charge on any atom is -0.335 e. The average Bonchev–Trinajstić information content (AvgIpc) is 3.17. The first-order valence-electron chi connectivity index (χ1n) is 9.50. The Balaban J connectivity index is 1.81. The normalized spacial score (nSPS) is 11.2. The van der Waals surface area contributed by atoms with Crippen molar-refractivity contribution in [3.05, 3.63) is 53.0 Å². The van der Waals surface area contributed by atoms with Crippen molar-refractivity contribution in [2.24, 2.45) is 0 Å². The molecule has 3 nitrogen and oxygen atoms in total. The van der Waals surface area contributed by atoms with Gasteiger partial charge in [0, 0.05) is 17.9 Å². The van der Waals surface area contributed by atoms with E-state index < -0.39 is 0 Å². The molecule has 0 atom stereocenters. The summed E-state index contributed by atoms with van der Waals surface area (Å²) < 4.78 is 3.39. The van der Waals surface area contributed by atoms with Crippen molar-refractivity contribution in [1.29, 1.82) is 0 Å². The molecule has 0 bridgehead atoms. The summed E-state index contributed by atoms with van der Waals surface area (Å²) in [5.74, 6) is 0.166. The van der Waals surface area contributed by atoms with Gasteiger partial charge in [-0.3, -0.25) is 4.79 Å². The predicted octanol–water partition coefficient (Wildman–Crippen LogP) is 5.93. The molecule has 0 saturated carbocycles. The molecule has 1 amide bonds. The molecule has 0 aliphatic rings. The number of unbranched alkanes of at least 4 members (excludes halogenated alkanes) is 3. The van der Waals surface area contributed by atoms with Crippen LogP contribution in [0.4, 0.5) is 5.69 Å². The summed E-state index contributed by atoms with van der Waals surface area (Å²) in [6, 6.07) is 12.6. The Bertz CT molecular complexity index is 877. The Morgan fingerprint density at radius 3 is 2.73 bits per heavy atom. The smallest absolute Gasteiger partial charge is 0.246 e. The number of benzene rings is 1. The predicted molar refractivity (Wildman–Crippen MR) is 112 cm³/mol. The second-order valence-electron chi connectivity index (χ2n) is 6.99. The van der Waals surface area contributed by atoms with Gasteiger partial charge in [0.25, 0.3) is 0 Å². The quantitative estimate of drug-likeness (QED) is 0.452. The lowest BCUT2D eigenvalue weighted by Crippen LogP contribution is -2.35. The van der Waals surface area contributed by atoms with Gasteiger partial charge in [-0.15, -0.1) is 11.3 Å². The maximum Gasteiger partial charge on any atom is 0.246 e. The first kappa shape index (κ1) is 18.7. The van der Waals surface area contributed by atoms with E-state index in [2.05, 4.69) is 55.0 Å². The van der Waals surface area contributed by atoms with Crippen LogP contribution in [0.3, 0.4) is 0 Å². The third-order valence-corrected chi connectivity index (χ3v) is 5.73. The van der Waals surface area contributed by atoms with Crippen LogP contribution in [0.1, 0.15) is 43.9 Å². The maximum absolute atomic E-state index is 13.2. The molecule has 0 aliphatic carbocycles. The molecule has 0 spiro atoms. The number of rotatable bonds is 8. The molecule has 26 heavy (non-hydrogen) atoms. The van der Waals surface area contributed by atoms with Gasteiger partial charge in [0.05, 0.1) is 10.2 Å². The van der Waals surface area contributed by atoms with Gasteiger partial charge in [-0.1, -0.05) is 38.3 Å². The fourth-order valence-corrected chi connectivity index (χ4v) is 4.30. The zero-order chi connectivity index (χ0) is 18.5. The number of fused-ring (bicyclic) bond motifs is 1. The van der Waals surface area contributed by atoms with Crippen molar-refractivity contribution in [3.8, 4) is 0 Å². The number of aryl methyl sites for hydroxylation is 2. The van der Waals surface area contributed by atoms with Crippen LogP contribution in [0.5, 0.6) is 0 Å². The zero-order valence-electron chi connectivity index (χ0n) is 16.0. The molecule has 4 heteroatoms. The summed E-state index contributed by atoms with van der Waals surface area (Å²) >= 11 is 1.73. The highest BCUT2D eigenvalue weighted by atomic mass is 32.1. The van der Waals surface area contributed by atoms with Crippen LogP contribution in [0.25, 0.3) is 10.2 Å². The second-order valence-corrected chi connectivity index (χ2v) is 7.93. The van der Waals surface area contributed by atoms with E-state index in [0.717, 1.165) is 29.9 Å². The summed E-state index contributed by atoms with van der Waals surface area (Å²) in [5.41, 5.74) is 4.51. The van der Waals surface area contributed by atoms with Crippen molar-refractivity contribution in [1.82, 2.24) is 4.57 Å². The summed E-state index contributed by atoms with van der Waals surface area (Å²) in [6.45, 7) is 7.56. The van der Waals surface area contributed by atoms with Crippen molar-refractivity contribution < 1.29 is 4.79 Å². The molecule has 1 aromatic carbocycles. The van der Waals surface area contributed by atoms with Crippen LogP contribution < -0.4 is 4.90 Å². The van der Waals surface area contributed by atoms with Gasteiger partial charge in [0.1, 0.15) is 6.54 Å². The van der Waals surface area contributed by atoms with E-state index in [4.69, 9.17) is 0 Å². The molecule has 0 fully saturated rings. The van der Waals surface area contributed by atoms with Gasteiger partial charge < -0.3 is 9.47 Å². The Kier molecular flexibility index (Phi) is 6.15.